The van der Waals surface area contributed by atoms with E-state index in [1.165, 1.54) is 13.2 Å². The summed E-state index contributed by atoms with van der Waals surface area (Å²) in [4.78, 5) is 23.1. The predicted molar refractivity (Wildman–Crippen MR) is 67.1 cm³/mol. The van der Waals surface area contributed by atoms with Crippen molar-refractivity contribution in [3.63, 3.8) is 0 Å². The number of methoxy groups -OCH3 is 1. The van der Waals surface area contributed by atoms with Crippen LogP contribution in [0.3, 0.4) is 0 Å². The number of carbonyl (C=O) groups excluding carboxylic acids is 2. The SMILES string of the molecule is CCOc1ccc(C(=O)CBr)cc1C(=O)OC. The first-order chi connectivity index (χ1) is 8.13. The second-order valence-electron chi connectivity index (χ2n) is 3.19. The highest BCUT2D eigenvalue weighted by Crippen LogP contribution is 2.21. The number of benzene rings is 1. The normalized spacial score (nSPS) is 9.82. The minimum absolute atomic E-state index is 0.0989. The van der Waals surface area contributed by atoms with E-state index >= 15 is 0 Å². The van der Waals surface area contributed by atoms with Gasteiger partial charge in [-0.3, -0.25) is 4.79 Å². The maximum Gasteiger partial charge on any atom is 0.341 e. The molecule has 17 heavy (non-hydrogen) atoms. The van der Waals surface area contributed by atoms with Crippen LogP contribution in [-0.2, 0) is 4.74 Å². The van der Waals surface area contributed by atoms with E-state index in [0.717, 1.165) is 0 Å². The summed E-state index contributed by atoms with van der Waals surface area (Å²) in [6, 6.07) is 4.72. The van der Waals surface area contributed by atoms with E-state index in [1.54, 1.807) is 12.1 Å². The second-order valence-corrected chi connectivity index (χ2v) is 3.75. The number of ether oxygens (including phenoxy) is 2. The molecule has 0 aliphatic carbocycles. The molecule has 0 aromatic heterocycles. The Hall–Kier alpha value is -1.36. The maximum atomic E-state index is 11.5. The van der Waals surface area contributed by atoms with E-state index in [2.05, 4.69) is 20.7 Å². The molecule has 1 aromatic carbocycles. The van der Waals surface area contributed by atoms with Gasteiger partial charge in [-0.15, -0.1) is 0 Å². The van der Waals surface area contributed by atoms with Gasteiger partial charge in [0.15, 0.2) is 5.78 Å². The standard InChI is InChI=1S/C12H13BrO4/c1-3-17-11-5-4-8(10(14)7-13)6-9(11)12(15)16-2/h4-6H,3,7H2,1-2H3. The van der Waals surface area contributed by atoms with Gasteiger partial charge in [-0.25, -0.2) is 4.79 Å². The lowest BCUT2D eigenvalue weighted by Crippen LogP contribution is -2.08. The van der Waals surface area contributed by atoms with Gasteiger partial charge in [-0.1, -0.05) is 15.9 Å². The van der Waals surface area contributed by atoms with E-state index in [-0.39, 0.29) is 16.7 Å². The van der Waals surface area contributed by atoms with Gasteiger partial charge in [-0.05, 0) is 25.1 Å². The minimum atomic E-state index is -0.516. The first-order valence-electron chi connectivity index (χ1n) is 5.08. The number of ketones is 1. The lowest BCUT2D eigenvalue weighted by Gasteiger charge is -2.09. The molecule has 0 aliphatic rings. The number of carbonyl (C=O) groups is 2. The van der Waals surface area contributed by atoms with Crippen LogP contribution in [0.1, 0.15) is 27.6 Å². The number of hydrogen-bond donors (Lipinski definition) is 0. The third-order valence-corrected chi connectivity index (χ3v) is 2.64. The molecule has 4 nitrogen and oxygen atoms in total. The summed E-state index contributed by atoms with van der Waals surface area (Å²) >= 11 is 3.08. The second kappa shape index (κ2) is 6.39. The Bertz CT molecular complexity index is 429. The number of esters is 1. The van der Waals surface area contributed by atoms with Crippen LogP contribution in [0.5, 0.6) is 5.75 Å². The molecule has 0 amide bonds. The number of halogens is 1. The third kappa shape index (κ3) is 3.30. The molecule has 0 saturated carbocycles. The lowest BCUT2D eigenvalue weighted by molar-refractivity contribution is 0.0596. The first-order valence-corrected chi connectivity index (χ1v) is 6.20. The summed E-state index contributed by atoms with van der Waals surface area (Å²) in [6.07, 6.45) is 0. The van der Waals surface area contributed by atoms with Gasteiger partial charge < -0.3 is 9.47 Å². The molecule has 0 saturated heterocycles. The molecule has 0 fully saturated rings. The van der Waals surface area contributed by atoms with Gasteiger partial charge in [-0.2, -0.15) is 0 Å². The molecule has 0 aliphatic heterocycles. The molecule has 0 atom stereocenters. The molecule has 0 heterocycles. The van der Waals surface area contributed by atoms with Crippen LogP contribution in [0.2, 0.25) is 0 Å². The number of alkyl halides is 1. The van der Waals surface area contributed by atoms with Crippen molar-refractivity contribution in [2.75, 3.05) is 19.0 Å². The van der Waals surface area contributed by atoms with Crippen LogP contribution in [0.4, 0.5) is 0 Å². The molecule has 5 heteroatoms. The summed E-state index contributed by atoms with van der Waals surface area (Å²) in [6.45, 7) is 2.26. The van der Waals surface area contributed by atoms with Crippen LogP contribution in [0, 0.1) is 0 Å². The van der Waals surface area contributed by atoms with Crippen molar-refractivity contribution < 1.29 is 19.1 Å². The zero-order chi connectivity index (χ0) is 12.8. The van der Waals surface area contributed by atoms with E-state index in [0.29, 0.717) is 17.9 Å². The smallest absolute Gasteiger partial charge is 0.341 e. The van der Waals surface area contributed by atoms with E-state index in [9.17, 15) is 9.59 Å². The van der Waals surface area contributed by atoms with Crippen molar-refractivity contribution in [3.05, 3.63) is 29.3 Å². The van der Waals surface area contributed by atoms with Gasteiger partial charge >= 0.3 is 5.97 Å². The number of Topliss-reactive ketones (excluding diaryl/α,β-unsaturated/α-hetero) is 1. The van der Waals surface area contributed by atoms with Crippen LogP contribution in [0.25, 0.3) is 0 Å². The molecule has 0 radical (unpaired) electrons. The van der Waals surface area contributed by atoms with Crippen LogP contribution >= 0.6 is 15.9 Å². The number of hydrogen-bond acceptors (Lipinski definition) is 4. The van der Waals surface area contributed by atoms with Gasteiger partial charge in [0.25, 0.3) is 0 Å². The van der Waals surface area contributed by atoms with E-state index in [1.807, 2.05) is 6.92 Å². The summed E-state index contributed by atoms with van der Waals surface area (Å²) in [7, 11) is 1.29. The summed E-state index contributed by atoms with van der Waals surface area (Å²) in [5, 5.41) is 0.210. The molecular weight excluding hydrogens is 288 g/mol. The largest absolute Gasteiger partial charge is 0.493 e. The highest BCUT2D eigenvalue weighted by molar-refractivity contribution is 9.09. The fourth-order valence-electron chi connectivity index (χ4n) is 1.33. The van der Waals surface area contributed by atoms with Gasteiger partial charge in [0.05, 0.1) is 19.0 Å². The fraction of sp³-hybridized carbons (Fsp3) is 0.333. The average Bonchev–Trinajstić information content (AvgIpc) is 2.37. The van der Waals surface area contributed by atoms with E-state index < -0.39 is 5.97 Å². The van der Waals surface area contributed by atoms with Crippen LogP contribution in [-0.4, -0.2) is 30.8 Å². The minimum Gasteiger partial charge on any atom is -0.493 e. The van der Waals surface area contributed by atoms with Crippen molar-refractivity contribution in [2.24, 2.45) is 0 Å². The molecule has 0 unspecified atom stereocenters. The van der Waals surface area contributed by atoms with Crippen molar-refractivity contribution >= 4 is 27.7 Å². The van der Waals surface area contributed by atoms with Crippen molar-refractivity contribution in [2.45, 2.75) is 6.92 Å². The van der Waals surface area contributed by atoms with Crippen LogP contribution < -0.4 is 4.74 Å². The highest BCUT2D eigenvalue weighted by atomic mass is 79.9. The summed E-state index contributed by atoms with van der Waals surface area (Å²) < 4.78 is 9.95. The van der Waals surface area contributed by atoms with Crippen molar-refractivity contribution in [1.29, 1.82) is 0 Å². The topological polar surface area (TPSA) is 52.6 Å². The summed E-state index contributed by atoms with van der Waals surface area (Å²) in [5.74, 6) is -0.193. The Kier molecular flexibility index (Phi) is 5.15. The van der Waals surface area contributed by atoms with Crippen LogP contribution in [0.15, 0.2) is 18.2 Å². The average molecular weight is 301 g/mol. The monoisotopic (exact) mass is 300 g/mol. The van der Waals surface area contributed by atoms with Gasteiger partial charge in [0, 0.05) is 5.56 Å². The Labute approximate surface area is 108 Å². The molecule has 0 spiro atoms. The molecule has 0 N–H and O–H groups in total. The maximum absolute atomic E-state index is 11.5. The van der Waals surface area contributed by atoms with Gasteiger partial charge in [0.1, 0.15) is 11.3 Å². The fourth-order valence-corrected chi connectivity index (χ4v) is 1.66. The Morgan fingerprint density at radius 2 is 2.06 bits per heavy atom. The predicted octanol–water partition coefficient (Wildman–Crippen LogP) is 2.45. The van der Waals surface area contributed by atoms with Crippen molar-refractivity contribution in [3.8, 4) is 5.75 Å². The Morgan fingerprint density at radius 1 is 1.35 bits per heavy atom. The zero-order valence-electron chi connectivity index (χ0n) is 9.66. The first kappa shape index (κ1) is 13.7. The van der Waals surface area contributed by atoms with E-state index in [4.69, 9.17) is 4.74 Å². The molecule has 1 aromatic rings. The Balaban J connectivity index is 3.18. The summed E-state index contributed by atoms with van der Waals surface area (Å²) in [5.41, 5.74) is 0.715. The Morgan fingerprint density at radius 3 is 2.59 bits per heavy atom. The lowest BCUT2D eigenvalue weighted by atomic mass is 10.1. The highest BCUT2D eigenvalue weighted by Gasteiger charge is 2.16. The quantitative estimate of drug-likeness (QED) is 0.476. The zero-order valence-corrected chi connectivity index (χ0v) is 11.2. The molecule has 1 rings (SSSR count). The molecule has 92 valence electrons. The molecular formula is C12H13BrO4. The van der Waals surface area contributed by atoms with Crippen molar-refractivity contribution in [1.82, 2.24) is 0 Å². The number of rotatable bonds is 5. The molecule has 0 bridgehead atoms. The third-order valence-electron chi connectivity index (χ3n) is 2.13. The van der Waals surface area contributed by atoms with Gasteiger partial charge in [0.2, 0.25) is 0 Å².